The third kappa shape index (κ3) is 4.33. The number of nitrogens with one attached hydrogen (secondary N) is 2. The maximum absolute atomic E-state index is 14.6. The monoisotopic (exact) mass is 413 g/mol. The van der Waals surface area contributed by atoms with E-state index in [9.17, 15) is 8.78 Å². The Hall–Kier alpha value is -2.87. The predicted octanol–water partition coefficient (Wildman–Crippen LogP) is 4.50. The smallest absolute Gasteiger partial charge is 0.233 e. The van der Waals surface area contributed by atoms with Crippen LogP contribution in [0.25, 0.3) is 22.4 Å². The molecule has 3 heterocycles. The van der Waals surface area contributed by atoms with Crippen LogP contribution in [-0.4, -0.2) is 37.6 Å². The lowest BCUT2D eigenvalue weighted by molar-refractivity contribution is 0.0524. The van der Waals surface area contributed by atoms with Gasteiger partial charge in [-0.15, -0.1) is 10.2 Å². The quantitative estimate of drug-likeness (QED) is 0.659. The van der Waals surface area contributed by atoms with Gasteiger partial charge in [0.2, 0.25) is 5.88 Å². The summed E-state index contributed by atoms with van der Waals surface area (Å²) in [5.74, 6) is -0.778. The number of benzene rings is 1. The van der Waals surface area contributed by atoms with Gasteiger partial charge >= 0.3 is 0 Å². The Morgan fingerprint density at radius 3 is 2.23 bits per heavy atom. The van der Waals surface area contributed by atoms with E-state index in [4.69, 9.17) is 4.74 Å². The van der Waals surface area contributed by atoms with Crippen LogP contribution in [-0.2, 0) is 0 Å². The Kier molecular flexibility index (Phi) is 5.05. The topological polar surface area (TPSA) is 75.7 Å². The Morgan fingerprint density at radius 1 is 0.967 bits per heavy atom. The second-order valence-electron chi connectivity index (χ2n) is 9.10. The molecule has 3 aromatic rings. The van der Waals surface area contributed by atoms with Crippen LogP contribution >= 0.6 is 0 Å². The average Bonchev–Trinajstić information content (AvgIpc) is 3.16. The molecular formula is C22H25F2N5O. The van der Waals surface area contributed by atoms with E-state index in [1.165, 1.54) is 12.4 Å². The summed E-state index contributed by atoms with van der Waals surface area (Å²) in [5.41, 5.74) is 0.773. The molecule has 30 heavy (non-hydrogen) atoms. The summed E-state index contributed by atoms with van der Waals surface area (Å²) < 4.78 is 35.2. The number of piperidine rings is 1. The van der Waals surface area contributed by atoms with Crippen molar-refractivity contribution in [2.75, 3.05) is 0 Å². The number of aromatic nitrogens is 4. The van der Waals surface area contributed by atoms with Gasteiger partial charge in [0.1, 0.15) is 17.7 Å². The molecule has 1 fully saturated rings. The summed E-state index contributed by atoms with van der Waals surface area (Å²) in [6.07, 6.45) is 4.59. The van der Waals surface area contributed by atoms with E-state index < -0.39 is 11.6 Å². The van der Waals surface area contributed by atoms with Crippen molar-refractivity contribution in [3.05, 3.63) is 48.3 Å². The molecule has 0 spiro atoms. The molecule has 8 heteroatoms. The highest BCUT2D eigenvalue weighted by molar-refractivity contribution is 5.69. The largest absolute Gasteiger partial charge is 0.473 e. The lowest BCUT2D eigenvalue weighted by atomic mass is 9.81. The first-order valence-electron chi connectivity index (χ1n) is 9.90. The number of hydrogen-bond donors (Lipinski definition) is 2. The summed E-state index contributed by atoms with van der Waals surface area (Å²) in [4.78, 5) is 0. The van der Waals surface area contributed by atoms with Crippen molar-refractivity contribution >= 4 is 0 Å². The van der Waals surface area contributed by atoms with E-state index in [-0.39, 0.29) is 34.0 Å². The minimum absolute atomic E-state index is 0.0141. The Balaban J connectivity index is 1.53. The molecule has 1 aromatic carbocycles. The van der Waals surface area contributed by atoms with E-state index in [1.807, 2.05) is 0 Å². The molecule has 0 saturated carbocycles. The summed E-state index contributed by atoms with van der Waals surface area (Å²) in [6.45, 7) is 8.57. The lowest BCUT2D eigenvalue weighted by Gasteiger charge is -2.46. The highest BCUT2D eigenvalue weighted by atomic mass is 19.1. The summed E-state index contributed by atoms with van der Waals surface area (Å²) in [6, 6.07) is 5.50. The second-order valence-corrected chi connectivity index (χ2v) is 9.10. The van der Waals surface area contributed by atoms with Crippen molar-refractivity contribution < 1.29 is 13.5 Å². The van der Waals surface area contributed by atoms with Crippen LogP contribution in [0.3, 0.4) is 0 Å². The first kappa shape index (κ1) is 20.4. The highest BCUT2D eigenvalue weighted by Crippen LogP contribution is 2.32. The van der Waals surface area contributed by atoms with Crippen molar-refractivity contribution in [3.63, 3.8) is 0 Å². The van der Waals surface area contributed by atoms with Crippen molar-refractivity contribution in [1.82, 2.24) is 25.7 Å². The van der Waals surface area contributed by atoms with Crippen LogP contribution in [0.1, 0.15) is 40.5 Å². The first-order valence-corrected chi connectivity index (χ1v) is 9.90. The van der Waals surface area contributed by atoms with Crippen molar-refractivity contribution in [1.29, 1.82) is 0 Å². The number of aromatic amines is 1. The normalized spacial score (nSPS) is 18.3. The third-order valence-electron chi connectivity index (χ3n) is 5.22. The minimum Gasteiger partial charge on any atom is -0.473 e. The Morgan fingerprint density at radius 2 is 1.63 bits per heavy atom. The molecule has 1 aliphatic heterocycles. The van der Waals surface area contributed by atoms with Crippen LogP contribution in [0, 0.1) is 11.6 Å². The maximum Gasteiger partial charge on any atom is 0.233 e. The summed E-state index contributed by atoms with van der Waals surface area (Å²) in [7, 11) is 0. The zero-order valence-electron chi connectivity index (χ0n) is 17.5. The summed E-state index contributed by atoms with van der Waals surface area (Å²) in [5, 5.41) is 18.1. The van der Waals surface area contributed by atoms with Gasteiger partial charge in [0.25, 0.3) is 0 Å². The lowest BCUT2D eigenvalue weighted by Crippen LogP contribution is -2.60. The zero-order chi connectivity index (χ0) is 21.5. The van der Waals surface area contributed by atoms with Crippen LogP contribution < -0.4 is 10.1 Å². The van der Waals surface area contributed by atoms with Crippen molar-refractivity contribution in [3.8, 4) is 28.3 Å². The molecule has 2 aromatic heterocycles. The van der Waals surface area contributed by atoms with Gasteiger partial charge in [0.05, 0.1) is 11.9 Å². The molecule has 4 rings (SSSR count). The molecule has 0 atom stereocenters. The van der Waals surface area contributed by atoms with E-state index in [0.29, 0.717) is 11.4 Å². The molecule has 0 radical (unpaired) electrons. The van der Waals surface area contributed by atoms with Crippen LogP contribution in [0.2, 0.25) is 0 Å². The van der Waals surface area contributed by atoms with Crippen LogP contribution in [0.5, 0.6) is 5.88 Å². The van der Waals surface area contributed by atoms with Gasteiger partial charge in [0, 0.05) is 52.9 Å². The predicted molar refractivity (Wildman–Crippen MR) is 110 cm³/mol. The number of rotatable bonds is 4. The molecule has 1 aliphatic rings. The number of nitrogens with zero attached hydrogens (tertiary/aromatic N) is 3. The van der Waals surface area contributed by atoms with Gasteiger partial charge < -0.3 is 10.1 Å². The molecule has 6 nitrogen and oxygen atoms in total. The number of hydrogen-bond acceptors (Lipinski definition) is 5. The fourth-order valence-corrected chi connectivity index (χ4v) is 4.37. The fraction of sp³-hybridized carbons (Fsp3) is 0.409. The van der Waals surface area contributed by atoms with E-state index in [1.54, 1.807) is 12.1 Å². The van der Waals surface area contributed by atoms with Gasteiger partial charge in [-0.2, -0.15) is 5.10 Å². The van der Waals surface area contributed by atoms with E-state index in [2.05, 4.69) is 53.4 Å². The zero-order valence-corrected chi connectivity index (χ0v) is 17.5. The standard InChI is InChI=1S/C22H25F2N5O/c1-21(2)9-14(10-22(3,4)29-21)30-20-6-5-19(27-28-20)16-8-17(23)15(7-18(16)24)13-11-25-26-12-13/h5-8,11-12,14,29H,9-10H2,1-4H3,(H,25,26). The molecule has 1 saturated heterocycles. The van der Waals surface area contributed by atoms with Gasteiger partial charge in [-0.3, -0.25) is 5.10 Å². The second kappa shape index (κ2) is 7.43. The molecular weight excluding hydrogens is 388 g/mol. The SMILES string of the molecule is CC1(C)CC(Oc2ccc(-c3cc(F)c(-c4cn[nH]c4)cc3F)nn2)CC(C)(C)N1. The van der Waals surface area contributed by atoms with Crippen LogP contribution in [0.15, 0.2) is 36.7 Å². The van der Waals surface area contributed by atoms with E-state index in [0.717, 1.165) is 25.0 Å². The summed E-state index contributed by atoms with van der Waals surface area (Å²) >= 11 is 0. The van der Waals surface area contributed by atoms with Gasteiger partial charge in [-0.05, 0) is 45.9 Å². The van der Waals surface area contributed by atoms with Gasteiger partial charge in [-0.1, -0.05) is 0 Å². The Labute approximate surface area is 174 Å². The maximum atomic E-state index is 14.6. The molecule has 0 aliphatic carbocycles. The molecule has 0 unspecified atom stereocenters. The van der Waals surface area contributed by atoms with Gasteiger partial charge in [0.15, 0.2) is 0 Å². The molecule has 0 amide bonds. The van der Waals surface area contributed by atoms with Crippen LogP contribution in [0.4, 0.5) is 8.78 Å². The average molecular weight is 413 g/mol. The Bertz CT molecular complexity index is 1020. The number of ether oxygens (including phenoxy) is 1. The number of halogens is 2. The van der Waals surface area contributed by atoms with Crippen molar-refractivity contribution in [2.45, 2.75) is 57.7 Å². The highest BCUT2D eigenvalue weighted by Gasteiger charge is 2.38. The minimum atomic E-state index is -0.586. The fourth-order valence-electron chi connectivity index (χ4n) is 4.37. The number of H-pyrrole nitrogens is 1. The van der Waals surface area contributed by atoms with Crippen molar-refractivity contribution in [2.24, 2.45) is 0 Å². The van der Waals surface area contributed by atoms with Gasteiger partial charge in [-0.25, -0.2) is 8.78 Å². The third-order valence-corrected chi connectivity index (χ3v) is 5.22. The molecule has 158 valence electrons. The molecule has 0 bridgehead atoms. The molecule has 2 N–H and O–H groups in total. The van der Waals surface area contributed by atoms with E-state index >= 15 is 0 Å². The first-order chi connectivity index (χ1) is 14.1.